The van der Waals surface area contributed by atoms with E-state index in [4.69, 9.17) is 4.98 Å². The molecule has 0 atom stereocenters. The second kappa shape index (κ2) is 8.79. The lowest BCUT2D eigenvalue weighted by Gasteiger charge is -2.03. The molecule has 5 rings (SSSR count). The molecule has 32 heavy (non-hydrogen) atoms. The molecule has 3 aromatic carbocycles. The van der Waals surface area contributed by atoms with Crippen molar-refractivity contribution in [2.45, 2.75) is 25.7 Å². The van der Waals surface area contributed by atoms with Crippen LogP contribution in [0.4, 0.5) is 8.78 Å². The topological polar surface area (TPSA) is 44.5 Å². The number of aromatic nitrogens is 3. The fourth-order valence-electron chi connectivity index (χ4n) is 4.18. The summed E-state index contributed by atoms with van der Waals surface area (Å²) in [5.74, 6) is 0.181. The fourth-order valence-corrected chi connectivity index (χ4v) is 4.18. The van der Waals surface area contributed by atoms with Crippen LogP contribution in [0, 0.1) is 11.6 Å². The van der Waals surface area contributed by atoms with Gasteiger partial charge < -0.3 is 9.97 Å². The van der Waals surface area contributed by atoms with Gasteiger partial charge in [-0.2, -0.15) is 0 Å². The van der Waals surface area contributed by atoms with Crippen LogP contribution < -0.4 is 0 Å². The van der Waals surface area contributed by atoms with E-state index >= 15 is 0 Å². The molecule has 0 saturated carbocycles. The van der Waals surface area contributed by atoms with Gasteiger partial charge in [0.15, 0.2) is 0 Å². The maximum atomic E-state index is 13.9. The smallest absolute Gasteiger partial charge is 0.123 e. The van der Waals surface area contributed by atoms with E-state index in [2.05, 4.69) is 34.4 Å². The van der Waals surface area contributed by atoms with Crippen molar-refractivity contribution in [2.75, 3.05) is 0 Å². The molecule has 2 heterocycles. The quantitative estimate of drug-likeness (QED) is 0.268. The molecule has 0 fully saturated rings. The maximum Gasteiger partial charge on any atom is 0.123 e. The number of halogens is 2. The standard InChI is InChI=1S/C27H23F2N3/c28-21-10-5-8-18(15-21)26-27(19-9-6-11-22(29)16-19)32-25(31-26)14-4-1-7-20-17-30-24-13-3-2-12-23(20)24/h2-3,5-6,8-13,15-17,30H,1,4,7,14H2,(H,31,32). The summed E-state index contributed by atoms with van der Waals surface area (Å²) in [6.45, 7) is 0. The van der Waals surface area contributed by atoms with E-state index in [1.54, 1.807) is 12.1 Å². The Balaban J connectivity index is 1.35. The molecule has 3 nitrogen and oxygen atoms in total. The van der Waals surface area contributed by atoms with Gasteiger partial charge >= 0.3 is 0 Å². The van der Waals surface area contributed by atoms with Crippen LogP contribution in [0.1, 0.15) is 24.2 Å². The second-order valence-electron chi connectivity index (χ2n) is 7.99. The number of imidazole rings is 1. The number of hydrogen-bond donors (Lipinski definition) is 2. The largest absolute Gasteiger partial charge is 0.361 e. The highest BCUT2D eigenvalue weighted by Gasteiger charge is 2.15. The van der Waals surface area contributed by atoms with E-state index in [-0.39, 0.29) is 11.6 Å². The molecular weight excluding hydrogens is 404 g/mol. The Morgan fingerprint density at radius 3 is 2.28 bits per heavy atom. The summed E-state index contributed by atoms with van der Waals surface area (Å²) in [6.07, 6.45) is 5.81. The molecule has 0 aliphatic carbocycles. The predicted molar refractivity (Wildman–Crippen MR) is 124 cm³/mol. The summed E-state index contributed by atoms with van der Waals surface area (Å²) in [5.41, 5.74) is 5.20. The van der Waals surface area contributed by atoms with Crippen LogP contribution in [-0.4, -0.2) is 15.0 Å². The molecule has 0 spiro atoms. The molecule has 2 aromatic heterocycles. The van der Waals surface area contributed by atoms with Gasteiger partial charge in [-0.25, -0.2) is 13.8 Å². The molecule has 0 bridgehead atoms. The lowest BCUT2D eigenvalue weighted by atomic mass is 10.0. The molecule has 0 aliphatic heterocycles. The van der Waals surface area contributed by atoms with Crippen molar-refractivity contribution in [3.8, 4) is 22.5 Å². The van der Waals surface area contributed by atoms with E-state index in [0.29, 0.717) is 22.5 Å². The number of nitrogens with one attached hydrogen (secondary N) is 2. The minimum absolute atomic E-state index is 0.317. The summed E-state index contributed by atoms with van der Waals surface area (Å²) < 4.78 is 27.7. The molecule has 5 heteroatoms. The Kier molecular flexibility index (Phi) is 5.55. The number of para-hydroxylation sites is 1. The van der Waals surface area contributed by atoms with Gasteiger partial charge in [0.05, 0.1) is 11.4 Å². The Labute approximate surface area is 185 Å². The van der Waals surface area contributed by atoms with Gasteiger partial charge in [-0.3, -0.25) is 0 Å². The first-order valence-electron chi connectivity index (χ1n) is 10.8. The van der Waals surface area contributed by atoms with Crippen molar-refractivity contribution in [2.24, 2.45) is 0 Å². The van der Waals surface area contributed by atoms with Crippen molar-refractivity contribution in [1.29, 1.82) is 0 Å². The molecular formula is C27H23F2N3. The van der Waals surface area contributed by atoms with Crippen LogP contribution in [0.5, 0.6) is 0 Å². The zero-order valence-electron chi connectivity index (χ0n) is 17.5. The monoisotopic (exact) mass is 427 g/mol. The van der Waals surface area contributed by atoms with E-state index in [1.807, 2.05) is 18.2 Å². The van der Waals surface area contributed by atoms with Crippen LogP contribution in [0.25, 0.3) is 33.4 Å². The lowest BCUT2D eigenvalue weighted by Crippen LogP contribution is -1.91. The third-order valence-electron chi connectivity index (χ3n) is 5.75. The average Bonchev–Trinajstić information content (AvgIpc) is 3.41. The van der Waals surface area contributed by atoms with Gasteiger partial charge in [0.2, 0.25) is 0 Å². The molecule has 0 saturated heterocycles. The highest BCUT2D eigenvalue weighted by molar-refractivity contribution is 5.83. The number of fused-ring (bicyclic) bond motifs is 1. The summed E-state index contributed by atoms with van der Waals surface area (Å²) in [5, 5.41) is 1.27. The van der Waals surface area contributed by atoms with Gasteiger partial charge in [-0.1, -0.05) is 42.5 Å². The van der Waals surface area contributed by atoms with E-state index < -0.39 is 0 Å². The second-order valence-corrected chi connectivity index (χ2v) is 7.99. The SMILES string of the molecule is Fc1cccc(-c2nc(CCCCc3c[nH]c4ccccc34)[nH]c2-c2cccc(F)c2)c1. The minimum Gasteiger partial charge on any atom is -0.361 e. The third-order valence-corrected chi connectivity index (χ3v) is 5.75. The normalized spacial score (nSPS) is 11.3. The third kappa shape index (κ3) is 4.19. The Morgan fingerprint density at radius 2 is 1.47 bits per heavy atom. The van der Waals surface area contributed by atoms with Gasteiger partial charge in [0, 0.05) is 34.6 Å². The van der Waals surface area contributed by atoms with Crippen LogP contribution in [0.3, 0.4) is 0 Å². The summed E-state index contributed by atoms with van der Waals surface area (Å²) in [6, 6.07) is 21.1. The fraction of sp³-hybridized carbons (Fsp3) is 0.148. The van der Waals surface area contributed by atoms with Gasteiger partial charge in [-0.15, -0.1) is 0 Å². The molecule has 2 N–H and O–H groups in total. The van der Waals surface area contributed by atoms with Gasteiger partial charge in [0.25, 0.3) is 0 Å². The number of H-pyrrole nitrogens is 2. The van der Waals surface area contributed by atoms with Crippen LogP contribution in [0.2, 0.25) is 0 Å². The number of aromatic amines is 2. The Hall–Kier alpha value is -3.73. The highest BCUT2D eigenvalue weighted by atomic mass is 19.1. The first-order valence-corrected chi connectivity index (χ1v) is 10.8. The number of rotatable bonds is 7. The Bertz CT molecular complexity index is 1300. The summed E-state index contributed by atoms with van der Waals surface area (Å²) in [7, 11) is 0. The van der Waals surface area contributed by atoms with Crippen molar-refractivity contribution >= 4 is 10.9 Å². The van der Waals surface area contributed by atoms with Crippen molar-refractivity contribution < 1.29 is 8.78 Å². The van der Waals surface area contributed by atoms with Crippen LogP contribution in [-0.2, 0) is 12.8 Å². The van der Waals surface area contributed by atoms with Crippen LogP contribution >= 0.6 is 0 Å². The zero-order chi connectivity index (χ0) is 21.9. The molecule has 160 valence electrons. The zero-order valence-corrected chi connectivity index (χ0v) is 17.5. The number of unbranched alkanes of at least 4 members (excludes halogenated alkanes) is 1. The first kappa shape index (κ1) is 20.2. The minimum atomic E-state index is -0.323. The molecule has 5 aromatic rings. The summed E-state index contributed by atoms with van der Waals surface area (Å²) in [4.78, 5) is 11.4. The lowest BCUT2D eigenvalue weighted by molar-refractivity contribution is 0.627. The molecule has 0 amide bonds. The van der Waals surface area contributed by atoms with Crippen molar-refractivity contribution in [3.05, 3.63) is 102 Å². The molecule has 0 unspecified atom stereocenters. The number of benzene rings is 3. The maximum absolute atomic E-state index is 13.9. The van der Waals surface area contributed by atoms with Crippen molar-refractivity contribution in [1.82, 2.24) is 15.0 Å². The molecule has 0 radical (unpaired) electrons. The first-order chi connectivity index (χ1) is 15.7. The van der Waals surface area contributed by atoms with Crippen molar-refractivity contribution in [3.63, 3.8) is 0 Å². The summed E-state index contributed by atoms with van der Waals surface area (Å²) >= 11 is 0. The van der Waals surface area contributed by atoms with Crippen LogP contribution in [0.15, 0.2) is 79.0 Å². The number of aryl methyl sites for hydroxylation is 2. The van der Waals surface area contributed by atoms with E-state index in [0.717, 1.165) is 37.0 Å². The Morgan fingerprint density at radius 1 is 0.750 bits per heavy atom. The number of nitrogens with zero attached hydrogens (tertiary/aromatic N) is 1. The number of hydrogen-bond acceptors (Lipinski definition) is 1. The predicted octanol–water partition coefficient (Wildman–Crippen LogP) is 7.07. The average molecular weight is 427 g/mol. The van der Waals surface area contributed by atoms with Gasteiger partial charge in [-0.05, 0) is 55.2 Å². The van der Waals surface area contributed by atoms with E-state index in [1.165, 1.54) is 35.2 Å². The van der Waals surface area contributed by atoms with Gasteiger partial charge in [0.1, 0.15) is 17.5 Å². The van der Waals surface area contributed by atoms with E-state index in [9.17, 15) is 8.78 Å². The highest BCUT2D eigenvalue weighted by Crippen LogP contribution is 2.31. The molecule has 0 aliphatic rings.